The number of hydrogen-bond acceptors (Lipinski definition) is 9. The summed E-state index contributed by atoms with van der Waals surface area (Å²) in [6.45, 7) is 4.18. The summed E-state index contributed by atoms with van der Waals surface area (Å²) in [6.07, 6.45) is 1.09. The third-order valence-corrected chi connectivity index (χ3v) is 8.75. The molecule has 0 saturated heterocycles. The number of nitrogens with two attached hydrogens (primary N) is 1. The topological polar surface area (TPSA) is 114 Å². The number of rotatable bonds is 5. The van der Waals surface area contributed by atoms with Gasteiger partial charge in [-0.1, -0.05) is 37.2 Å². The number of anilines is 1. The predicted octanol–water partition coefficient (Wildman–Crippen LogP) is 5.16. The Bertz CT molecular complexity index is 1450. The number of ketones is 1. The molecule has 1 aliphatic carbocycles. The average Bonchev–Trinajstić information content (AvgIpc) is 3.46. The molecule has 5 rings (SSSR count). The summed E-state index contributed by atoms with van der Waals surface area (Å²) < 4.78 is 1.63. The smallest absolute Gasteiger partial charge is 0.209 e. The normalized spacial score (nSPS) is 19.5. The number of benzene rings is 1. The molecule has 3 aromatic rings. The molecule has 1 aliphatic heterocycles. The molecule has 0 bridgehead atoms. The van der Waals surface area contributed by atoms with E-state index >= 15 is 0 Å². The van der Waals surface area contributed by atoms with Crippen LogP contribution in [-0.2, 0) is 17.6 Å². The average molecular weight is 538 g/mol. The second-order valence-corrected chi connectivity index (χ2v) is 12.0. The van der Waals surface area contributed by atoms with E-state index in [1.807, 2.05) is 17.0 Å². The standard InChI is InChI=1S/C25H24ClN7OS2/c1-25(2)9-18-22(19(34)10-25)21(17(11-27)23(28)33(18)16-6-4-15(26)5-7-16)20-8-14(12-35-20)13-36-24-29-30-31-32(24)3/h4-8,12,21H,9-10,13,28H2,1-3H3/t21-/m1/s1. The lowest BCUT2D eigenvalue weighted by atomic mass is 9.69. The molecular weight excluding hydrogens is 514 g/mol. The lowest BCUT2D eigenvalue weighted by molar-refractivity contribution is -0.118. The highest BCUT2D eigenvalue weighted by Gasteiger charge is 2.45. The zero-order valence-electron chi connectivity index (χ0n) is 20.0. The predicted molar refractivity (Wildman–Crippen MR) is 141 cm³/mol. The Hall–Kier alpha value is -3.13. The van der Waals surface area contributed by atoms with Crippen LogP contribution >= 0.6 is 34.7 Å². The second kappa shape index (κ2) is 9.39. The first-order valence-electron chi connectivity index (χ1n) is 11.3. The molecule has 0 fully saturated rings. The fourth-order valence-corrected chi connectivity index (χ4v) is 6.83. The van der Waals surface area contributed by atoms with Crippen molar-refractivity contribution >= 4 is 46.2 Å². The van der Waals surface area contributed by atoms with E-state index in [1.54, 1.807) is 35.2 Å². The Balaban J connectivity index is 1.58. The van der Waals surface area contributed by atoms with Gasteiger partial charge < -0.3 is 5.73 Å². The molecule has 0 unspecified atom stereocenters. The van der Waals surface area contributed by atoms with Crippen LogP contribution in [0.4, 0.5) is 5.69 Å². The van der Waals surface area contributed by atoms with E-state index in [4.69, 9.17) is 17.3 Å². The van der Waals surface area contributed by atoms with Crippen molar-refractivity contribution in [3.05, 3.63) is 73.8 Å². The van der Waals surface area contributed by atoms with Crippen molar-refractivity contribution < 1.29 is 4.79 Å². The van der Waals surface area contributed by atoms with Gasteiger partial charge in [0.2, 0.25) is 5.16 Å². The molecular formula is C25H24ClN7OS2. The van der Waals surface area contributed by atoms with Crippen molar-refractivity contribution in [2.75, 3.05) is 4.90 Å². The van der Waals surface area contributed by atoms with Gasteiger partial charge >= 0.3 is 0 Å². The van der Waals surface area contributed by atoms with Gasteiger partial charge in [0.25, 0.3) is 0 Å². The van der Waals surface area contributed by atoms with E-state index in [-0.39, 0.29) is 11.2 Å². The summed E-state index contributed by atoms with van der Waals surface area (Å²) >= 11 is 9.20. The highest BCUT2D eigenvalue weighted by molar-refractivity contribution is 7.98. The Kier molecular flexibility index (Phi) is 6.41. The molecule has 1 atom stereocenters. The number of hydrogen-bond donors (Lipinski definition) is 1. The largest absolute Gasteiger partial charge is 0.384 e. The molecule has 2 N–H and O–H groups in total. The Labute approximate surface area is 222 Å². The number of tetrazole rings is 1. The number of thioether (sulfide) groups is 1. The number of halogens is 1. The van der Waals surface area contributed by atoms with E-state index in [9.17, 15) is 10.1 Å². The van der Waals surface area contributed by atoms with Gasteiger partial charge in [0.05, 0.1) is 17.6 Å². The molecule has 36 heavy (non-hydrogen) atoms. The summed E-state index contributed by atoms with van der Waals surface area (Å²) in [5.41, 5.74) is 10.2. The highest BCUT2D eigenvalue weighted by Crippen LogP contribution is 2.51. The van der Waals surface area contributed by atoms with E-state index in [0.29, 0.717) is 40.6 Å². The van der Waals surface area contributed by atoms with Crippen LogP contribution in [0.25, 0.3) is 0 Å². The van der Waals surface area contributed by atoms with Crippen molar-refractivity contribution in [3.8, 4) is 6.07 Å². The van der Waals surface area contributed by atoms with Crippen LogP contribution in [0.3, 0.4) is 0 Å². The van der Waals surface area contributed by atoms with Crippen LogP contribution in [0.15, 0.2) is 63.5 Å². The lowest BCUT2D eigenvalue weighted by Gasteiger charge is -2.43. The first kappa shape index (κ1) is 24.6. The molecule has 3 heterocycles. The molecule has 1 aromatic carbocycles. The fourth-order valence-electron chi connectivity index (χ4n) is 4.79. The van der Waals surface area contributed by atoms with Gasteiger partial charge in [-0.15, -0.1) is 16.4 Å². The van der Waals surface area contributed by atoms with Crippen LogP contribution in [0, 0.1) is 16.7 Å². The molecule has 0 radical (unpaired) electrons. The zero-order chi connectivity index (χ0) is 25.6. The molecule has 0 saturated carbocycles. The minimum absolute atomic E-state index is 0.0555. The van der Waals surface area contributed by atoms with Gasteiger partial charge in [0, 0.05) is 46.1 Å². The van der Waals surface area contributed by atoms with E-state index in [2.05, 4.69) is 46.9 Å². The van der Waals surface area contributed by atoms with Gasteiger partial charge in [-0.2, -0.15) is 5.26 Å². The van der Waals surface area contributed by atoms with E-state index in [1.165, 1.54) is 11.8 Å². The van der Waals surface area contributed by atoms with Crippen molar-refractivity contribution in [2.24, 2.45) is 18.2 Å². The molecule has 0 spiro atoms. The van der Waals surface area contributed by atoms with E-state index < -0.39 is 5.92 Å². The quantitative estimate of drug-likeness (QED) is 0.444. The van der Waals surface area contributed by atoms with Crippen molar-refractivity contribution in [1.29, 1.82) is 5.26 Å². The van der Waals surface area contributed by atoms with Gasteiger partial charge in [-0.25, -0.2) is 4.68 Å². The summed E-state index contributed by atoms with van der Waals surface area (Å²) in [5, 5.41) is 25.2. The maximum absolute atomic E-state index is 13.6. The Morgan fingerprint density at radius 2 is 2.06 bits per heavy atom. The van der Waals surface area contributed by atoms with Crippen molar-refractivity contribution in [3.63, 3.8) is 0 Å². The van der Waals surface area contributed by atoms with Gasteiger partial charge in [-0.3, -0.25) is 9.69 Å². The Morgan fingerprint density at radius 3 is 2.72 bits per heavy atom. The van der Waals surface area contributed by atoms with E-state index in [0.717, 1.165) is 27.0 Å². The fraction of sp³-hybridized carbons (Fsp3) is 0.320. The Morgan fingerprint density at radius 1 is 1.31 bits per heavy atom. The second-order valence-electron chi connectivity index (χ2n) is 9.69. The number of allylic oxidation sites excluding steroid dienone is 3. The highest BCUT2D eigenvalue weighted by atomic mass is 35.5. The van der Waals surface area contributed by atoms with Gasteiger partial charge in [0.15, 0.2) is 5.78 Å². The molecule has 184 valence electrons. The SMILES string of the molecule is Cn1nnnc1SCc1csc([C@H]2C(C#N)=C(N)N(c3ccc(Cl)cc3)C3=C2C(=O)CC(C)(C)C3)c1. The van der Waals surface area contributed by atoms with Crippen LogP contribution in [0.1, 0.15) is 43.0 Å². The molecule has 2 aromatic heterocycles. The maximum atomic E-state index is 13.6. The van der Waals surface area contributed by atoms with Crippen LogP contribution in [0.2, 0.25) is 5.02 Å². The van der Waals surface area contributed by atoms with Gasteiger partial charge in [0.1, 0.15) is 5.82 Å². The number of thiophene rings is 1. The maximum Gasteiger partial charge on any atom is 0.209 e. The zero-order valence-corrected chi connectivity index (χ0v) is 22.4. The molecule has 2 aliphatic rings. The monoisotopic (exact) mass is 537 g/mol. The minimum Gasteiger partial charge on any atom is -0.384 e. The summed E-state index contributed by atoms with van der Waals surface area (Å²) in [7, 11) is 1.80. The first-order chi connectivity index (χ1) is 17.2. The summed E-state index contributed by atoms with van der Waals surface area (Å²) in [6, 6.07) is 11.7. The number of carbonyl (C=O) groups excluding carboxylic acids is 1. The number of carbonyl (C=O) groups is 1. The number of aromatic nitrogens is 4. The van der Waals surface area contributed by atoms with Crippen LogP contribution in [0.5, 0.6) is 0 Å². The van der Waals surface area contributed by atoms with Gasteiger partial charge in [-0.05, 0) is 63.5 Å². The molecule has 11 heteroatoms. The number of aryl methyl sites for hydroxylation is 1. The number of nitriles is 1. The third kappa shape index (κ3) is 4.43. The first-order valence-corrected chi connectivity index (χ1v) is 13.6. The lowest BCUT2D eigenvalue weighted by Crippen LogP contribution is -2.42. The summed E-state index contributed by atoms with van der Waals surface area (Å²) in [5.74, 6) is 0.586. The van der Waals surface area contributed by atoms with Crippen LogP contribution in [-0.4, -0.2) is 26.0 Å². The number of Topliss-reactive ketones (excluding diaryl/α,β-unsaturated/α-hetero) is 1. The van der Waals surface area contributed by atoms with Crippen molar-refractivity contribution in [1.82, 2.24) is 20.2 Å². The summed E-state index contributed by atoms with van der Waals surface area (Å²) in [4.78, 5) is 16.4. The number of nitrogens with zero attached hydrogens (tertiary/aromatic N) is 6. The molecule has 8 nitrogen and oxygen atoms in total. The van der Waals surface area contributed by atoms with Crippen LogP contribution < -0.4 is 10.6 Å². The van der Waals surface area contributed by atoms with Crippen molar-refractivity contribution in [2.45, 2.75) is 43.5 Å². The minimum atomic E-state index is -0.489. The third-order valence-electron chi connectivity index (χ3n) is 6.37. The molecule has 0 amide bonds.